The normalized spacial score (nSPS) is 10.8. The summed E-state index contributed by atoms with van der Waals surface area (Å²) in [5.74, 6) is 0.533. The Morgan fingerprint density at radius 3 is 2.47 bits per heavy atom. The van der Waals surface area contributed by atoms with Gasteiger partial charge in [0.1, 0.15) is 17.9 Å². The number of amides is 1. The second kappa shape index (κ2) is 8.96. The molecule has 0 aliphatic rings. The standard InChI is InChI=1S/C22H19BrN4O3/c23-18-12-14-26-20(18)21(28)27(17-9-5-2-6-10-17)19(25-26)11-13-24-22(29)30-15-16-7-3-1-4-8-16/h1-10,12,14H,11,13,15H2,(H,24,29). The SMILES string of the molecule is O=C(NCCc1nn2ccc(Br)c2c(=O)n1-c1ccccc1)OCc1ccccc1. The van der Waals surface area contributed by atoms with Gasteiger partial charge >= 0.3 is 6.09 Å². The Morgan fingerprint density at radius 2 is 1.73 bits per heavy atom. The van der Waals surface area contributed by atoms with Gasteiger partial charge in [0.15, 0.2) is 0 Å². The first-order valence-electron chi connectivity index (χ1n) is 9.42. The maximum atomic E-state index is 13.1. The minimum absolute atomic E-state index is 0.185. The van der Waals surface area contributed by atoms with Crippen molar-refractivity contribution >= 4 is 27.5 Å². The van der Waals surface area contributed by atoms with E-state index in [1.165, 1.54) is 0 Å². The molecular weight excluding hydrogens is 448 g/mol. The first kappa shape index (κ1) is 19.9. The Labute approximate surface area is 181 Å². The number of halogens is 1. The summed E-state index contributed by atoms with van der Waals surface area (Å²) in [7, 11) is 0. The van der Waals surface area contributed by atoms with Crippen molar-refractivity contribution in [2.24, 2.45) is 0 Å². The molecule has 0 spiro atoms. The molecule has 0 bridgehead atoms. The molecule has 0 fully saturated rings. The van der Waals surface area contributed by atoms with E-state index >= 15 is 0 Å². The van der Waals surface area contributed by atoms with Crippen LogP contribution in [-0.4, -0.2) is 26.8 Å². The molecule has 0 unspecified atom stereocenters. The van der Waals surface area contributed by atoms with Gasteiger partial charge in [-0.05, 0) is 39.7 Å². The third kappa shape index (κ3) is 4.28. The van der Waals surface area contributed by atoms with Gasteiger partial charge in [-0.3, -0.25) is 9.36 Å². The quantitative estimate of drug-likeness (QED) is 0.469. The number of fused-ring (bicyclic) bond motifs is 1. The van der Waals surface area contributed by atoms with Crippen molar-refractivity contribution in [3.63, 3.8) is 0 Å². The Hall–Kier alpha value is -3.39. The predicted octanol–water partition coefficient (Wildman–Crippen LogP) is 3.72. The lowest BCUT2D eigenvalue weighted by atomic mass is 10.2. The zero-order chi connectivity index (χ0) is 20.9. The number of rotatable bonds is 6. The van der Waals surface area contributed by atoms with Crippen LogP contribution in [-0.2, 0) is 17.8 Å². The largest absolute Gasteiger partial charge is 0.445 e. The molecule has 8 heteroatoms. The van der Waals surface area contributed by atoms with E-state index in [1.807, 2.05) is 60.7 Å². The van der Waals surface area contributed by atoms with Crippen LogP contribution in [0.3, 0.4) is 0 Å². The Balaban J connectivity index is 1.51. The van der Waals surface area contributed by atoms with Crippen LogP contribution in [0.2, 0.25) is 0 Å². The van der Waals surface area contributed by atoms with Crippen LogP contribution in [0.25, 0.3) is 11.2 Å². The summed E-state index contributed by atoms with van der Waals surface area (Å²) >= 11 is 3.41. The number of aromatic nitrogens is 3. The van der Waals surface area contributed by atoms with Crippen LogP contribution >= 0.6 is 15.9 Å². The second-order valence-corrected chi connectivity index (χ2v) is 7.44. The molecule has 2 heterocycles. The lowest BCUT2D eigenvalue weighted by Crippen LogP contribution is -2.31. The minimum Gasteiger partial charge on any atom is -0.445 e. The second-order valence-electron chi connectivity index (χ2n) is 6.59. The third-order valence-corrected chi connectivity index (χ3v) is 5.19. The molecule has 1 N–H and O–H groups in total. The van der Waals surface area contributed by atoms with Gasteiger partial charge in [-0.2, -0.15) is 5.10 Å². The molecule has 1 amide bonds. The smallest absolute Gasteiger partial charge is 0.407 e. The van der Waals surface area contributed by atoms with Gasteiger partial charge in [0.2, 0.25) is 0 Å². The Bertz CT molecular complexity index is 1220. The zero-order valence-electron chi connectivity index (χ0n) is 16.0. The van der Waals surface area contributed by atoms with Crippen molar-refractivity contribution in [3.05, 3.63) is 99.1 Å². The summed E-state index contributed by atoms with van der Waals surface area (Å²) in [5, 5.41) is 7.30. The number of ether oxygens (including phenoxy) is 1. The molecule has 0 aliphatic carbocycles. The first-order chi connectivity index (χ1) is 14.6. The lowest BCUT2D eigenvalue weighted by molar-refractivity contribution is 0.139. The van der Waals surface area contributed by atoms with Crippen LogP contribution in [0.1, 0.15) is 11.4 Å². The van der Waals surface area contributed by atoms with Crippen molar-refractivity contribution in [2.75, 3.05) is 6.54 Å². The summed E-state index contributed by atoms with van der Waals surface area (Å²) in [5.41, 5.74) is 1.90. The molecule has 152 valence electrons. The highest BCUT2D eigenvalue weighted by Crippen LogP contribution is 2.17. The summed E-state index contributed by atoms with van der Waals surface area (Å²) < 4.78 is 9.02. The third-order valence-electron chi connectivity index (χ3n) is 4.55. The number of benzene rings is 2. The van der Waals surface area contributed by atoms with E-state index in [4.69, 9.17) is 4.74 Å². The van der Waals surface area contributed by atoms with Gasteiger partial charge in [-0.15, -0.1) is 0 Å². The molecular formula is C22H19BrN4O3. The highest BCUT2D eigenvalue weighted by atomic mass is 79.9. The molecule has 0 saturated carbocycles. The van der Waals surface area contributed by atoms with Gasteiger partial charge in [-0.1, -0.05) is 48.5 Å². The van der Waals surface area contributed by atoms with Gasteiger partial charge in [0, 0.05) is 19.2 Å². The Kier molecular flexibility index (Phi) is 5.94. The topological polar surface area (TPSA) is 77.6 Å². The zero-order valence-corrected chi connectivity index (χ0v) is 17.6. The van der Waals surface area contributed by atoms with E-state index < -0.39 is 6.09 Å². The van der Waals surface area contributed by atoms with E-state index in [1.54, 1.807) is 21.3 Å². The number of carbonyl (C=O) groups excluding carboxylic acids is 1. The summed E-state index contributed by atoms with van der Waals surface area (Å²) in [6, 6.07) is 20.6. The van der Waals surface area contributed by atoms with Crippen LogP contribution in [0.15, 0.2) is 82.2 Å². The van der Waals surface area contributed by atoms with Crippen molar-refractivity contribution in [3.8, 4) is 5.69 Å². The number of hydrogen-bond acceptors (Lipinski definition) is 4. The van der Waals surface area contributed by atoms with Crippen molar-refractivity contribution < 1.29 is 9.53 Å². The first-order valence-corrected chi connectivity index (χ1v) is 10.2. The van der Waals surface area contributed by atoms with Gasteiger partial charge in [0.05, 0.1) is 10.2 Å². The number of alkyl carbamates (subject to hydrolysis) is 1. The minimum atomic E-state index is -0.516. The number of para-hydroxylation sites is 1. The highest BCUT2D eigenvalue weighted by molar-refractivity contribution is 9.10. The summed E-state index contributed by atoms with van der Waals surface area (Å²) in [6.07, 6.45) is 1.56. The summed E-state index contributed by atoms with van der Waals surface area (Å²) in [6.45, 7) is 0.476. The van der Waals surface area contributed by atoms with Crippen LogP contribution < -0.4 is 10.9 Å². The summed E-state index contributed by atoms with van der Waals surface area (Å²) in [4.78, 5) is 25.2. The van der Waals surface area contributed by atoms with E-state index in [9.17, 15) is 9.59 Å². The molecule has 2 aromatic heterocycles. The number of hydrogen-bond donors (Lipinski definition) is 1. The molecule has 0 atom stereocenters. The Morgan fingerprint density at radius 1 is 1.03 bits per heavy atom. The number of nitrogens with one attached hydrogen (secondary N) is 1. The van der Waals surface area contributed by atoms with Gasteiger partial charge in [0.25, 0.3) is 5.56 Å². The van der Waals surface area contributed by atoms with Crippen molar-refractivity contribution in [1.82, 2.24) is 19.5 Å². The molecule has 4 aromatic rings. The molecule has 0 radical (unpaired) electrons. The van der Waals surface area contributed by atoms with E-state index in [2.05, 4.69) is 26.3 Å². The van der Waals surface area contributed by atoms with Crippen LogP contribution in [0.4, 0.5) is 4.79 Å². The number of carbonyl (C=O) groups is 1. The average Bonchev–Trinajstić information content (AvgIpc) is 3.14. The van der Waals surface area contributed by atoms with Crippen molar-refractivity contribution in [2.45, 2.75) is 13.0 Å². The van der Waals surface area contributed by atoms with Crippen LogP contribution in [0.5, 0.6) is 0 Å². The predicted molar refractivity (Wildman–Crippen MR) is 117 cm³/mol. The van der Waals surface area contributed by atoms with Crippen LogP contribution in [0, 0.1) is 0 Å². The van der Waals surface area contributed by atoms with Gasteiger partial charge in [-0.25, -0.2) is 9.31 Å². The van der Waals surface area contributed by atoms with Crippen molar-refractivity contribution in [1.29, 1.82) is 0 Å². The molecule has 30 heavy (non-hydrogen) atoms. The molecule has 7 nitrogen and oxygen atoms in total. The molecule has 4 rings (SSSR count). The molecule has 0 aliphatic heterocycles. The average molecular weight is 467 g/mol. The fraction of sp³-hybridized carbons (Fsp3) is 0.136. The lowest BCUT2D eigenvalue weighted by Gasteiger charge is -2.13. The fourth-order valence-corrected chi connectivity index (χ4v) is 3.60. The molecule has 2 aromatic carbocycles. The fourth-order valence-electron chi connectivity index (χ4n) is 3.13. The van der Waals surface area contributed by atoms with E-state index in [-0.39, 0.29) is 18.7 Å². The van der Waals surface area contributed by atoms with E-state index in [0.29, 0.717) is 27.9 Å². The van der Waals surface area contributed by atoms with Gasteiger partial charge < -0.3 is 10.1 Å². The molecule has 0 saturated heterocycles. The monoisotopic (exact) mass is 466 g/mol. The maximum Gasteiger partial charge on any atom is 0.407 e. The van der Waals surface area contributed by atoms with E-state index in [0.717, 1.165) is 5.56 Å². The maximum absolute atomic E-state index is 13.1. The number of nitrogens with zero attached hydrogens (tertiary/aromatic N) is 3. The highest BCUT2D eigenvalue weighted by Gasteiger charge is 2.15.